The lowest BCUT2D eigenvalue weighted by Gasteiger charge is -2.58. The number of allylic oxidation sites excluding steroid dienone is 1. The van der Waals surface area contributed by atoms with Gasteiger partial charge in [0.25, 0.3) is 0 Å². The summed E-state index contributed by atoms with van der Waals surface area (Å²) in [7, 11) is 0. The molecule has 0 saturated heterocycles. The number of carbonyl (C=O) groups excluding carboxylic acids is 2. The van der Waals surface area contributed by atoms with E-state index in [2.05, 4.69) is 26.8 Å². The highest BCUT2D eigenvalue weighted by atomic mass is 16.6. The number of esters is 2. The van der Waals surface area contributed by atoms with Gasteiger partial charge in [0.15, 0.2) is 0 Å². The van der Waals surface area contributed by atoms with Gasteiger partial charge in [-0.3, -0.25) is 9.59 Å². The Hall–Kier alpha value is -1.32. The Balaban J connectivity index is 1.52. The molecule has 0 radical (unpaired) electrons. The molecular weight excluding hydrogens is 400 g/mol. The maximum absolute atomic E-state index is 12.9. The van der Waals surface area contributed by atoms with Gasteiger partial charge in [-0.15, -0.1) is 0 Å². The molecule has 0 spiro atoms. The first-order chi connectivity index (χ1) is 14.8. The second-order valence-electron chi connectivity index (χ2n) is 12.8. The minimum atomic E-state index is -0.425. The Morgan fingerprint density at radius 1 is 1.06 bits per heavy atom. The Labute approximate surface area is 194 Å². The predicted octanol–water partition coefficient (Wildman–Crippen LogP) is 6.47. The molecule has 4 aliphatic carbocycles. The molecule has 0 unspecified atom stereocenters. The highest BCUT2D eigenvalue weighted by Gasteiger charge is 2.60. The smallest absolute Gasteiger partial charge is 0.309 e. The highest BCUT2D eigenvalue weighted by molar-refractivity contribution is 5.73. The molecule has 0 aromatic rings. The summed E-state index contributed by atoms with van der Waals surface area (Å²) in [5, 5.41) is 0. The topological polar surface area (TPSA) is 52.6 Å². The molecule has 3 fully saturated rings. The zero-order chi connectivity index (χ0) is 23.5. The number of fused-ring (bicyclic) bond motifs is 5. The van der Waals surface area contributed by atoms with Crippen molar-refractivity contribution >= 4 is 11.9 Å². The van der Waals surface area contributed by atoms with Crippen molar-refractivity contribution < 1.29 is 19.1 Å². The van der Waals surface area contributed by atoms with Crippen LogP contribution in [0.25, 0.3) is 0 Å². The van der Waals surface area contributed by atoms with Gasteiger partial charge in [0, 0.05) is 13.3 Å². The minimum Gasteiger partial charge on any atom is -0.462 e. The number of rotatable bonds is 3. The molecule has 0 heterocycles. The van der Waals surface area contributed by atoms with Crippen LogP contribution in [-0.2, 0) is 19.1 Å². The summed E-state index contributed by atoms with van der Waals surface area (Å²) in [5.41, 5.74) is 1.59. The zero-order valence-electron chi connectivity index (χ0n) is 21.3. The van der Waals surface area contributed by atoms with E-state index in [0.717, 1.165) is 38.0 Å². The molecule has 4 heteroatoms. The molecule has 4 aliphatic rings. The number of ether oxygens (including phenoxy) is 2. The fourth-order valence-electron chi connectivity index (χ4n) is 8.38. The summed E-state index contributed by atoms with van der Waals surface area (Å²) in [6, 6.07) is 0. The third-order valence-electron chi connectivity index (χ3n) is 9.85. The van der Waals surface area contributed by atoms with E-state index in [1.807, 2.05) is 20.8 Å². The molecule has 0 bridgehead atoms. The molecule has 8 atom stereocenters. The van der Waals surface area contributed by atoms with Crippen LogP contribution >= 0.6 is 0 Å². The van der Waals surface area contributed by atoms with Crippen molar-refractivity contribution in [3.8, 4) is 0 Å². The van der Waals surface area contributed by atoms with Crippen LogP contribution in [0, 0.1) is 40.4 Å². The first-order valence-electron chi connectivity index (χ1n) is 12.9. The van der Waals surface area contributed by atoms with Crippen molar-refractivity contribution in [2.24, 2.45) is 40.4 Å². The molecule has 0 aromatic heterocycles. The Morgan fingerprint density at radius 3 is 2.44 bits per heavy atom. The van der Waals surface area contributed by atoms with E-state index in [-0.39, 0.29) is 34.8 Å². The summed E-state index contributed by atoms with van der Waals surface area (Å²) in [4.78, 5) is 24.4. The first kappa shape index (κ1) is 23.8. The SMILES string of the molecule is CC(=O)O[C@H]1CC[C@@]2(C)C(=CC[C@H]3[C@@H]4CC[C@H]([C@@H](C)C(=O)OC(C)(C)C)[C@@]4(C)CC[C@@H]32)C1. The molecule has 3 saturated carbocycles. The standard InChI is InChI=1S/C28H44O4/c1-17(25(30)32-26(3,4)5)22-10-11-23-21-9-8-19-16-20(31-18(2)29)12-14-27(19,6)24(21)13-15-28(22,23)7/h8,17,20-24H,9-16H2,1-7H3/t17-,20+,21+,22-,23+,24+,27+,28-/m1/s1. The molecule has 0 aliphatic heterocycles. The van der Waals surface area contributed by atoms with Gasteiger partial charge >= 0.3 is 11.9 Å². The molecular formula is C28H44O4. The van der Waals surface area contributed by atoms with Crippen LogP contribution < -0.4 is 0 Å². The second kappa shape index (κ2) is 8.17. The average molecular weight is 445 g/mol. The monoisotopic (exact) mass is 444 g/mol. The van der Waals surface area contributed by atoms with Crippen molar-refractivity contribution in [2.45, 2.75) is 112 Å². The zero-order valence-corrected chi connectivity index (χ0v) is 21.3. The van der Waals surface area contributed by atoms with Crippen molar-refractivity contribution in [3.05, 3.63) is 11.6 Å². The van der Waals surface area contributed by atoms with E-state index >= 15 is 0 Å². The van der Waals surface area contributed by atoms with E-state index in [4.69, 9.17) is 9.47 Å². The van der Waals surface area contributed by atoms with Crippen LogP contribution in [-0.4, -0.2) is 23.6 Å². The first-order valence-corrected chi connectivity index (χ1v) is 12.9. The largest absolute Gasteiger partial charge is 0.462 e. The van der Waals surface area contributed by atoms with Crippen LogP contribution in [0.1, 0.15) is 99.8 Å². The third kappa shape index (κ3) is 4.05. The predicted molar refractivity (Wildman–Crippen MR) is 126 cm³/mol. The number of carbonyl (C=O) groups is 2. The third-order valence-corrected chi connectivity index (χ3v) is 9.85. The fraction of sp³-hybridized carbons (Fsp3) is 0.857. The van der Waals surface area contributed by atoms with Gasteiger partial charge in [-0.05, 0) is 100 Å². The molecule has 0 N–H and O–H groups in total. The second-order valence-corrected chi connectivity index (χ2v) is 12.8. The summed E-state index contributed by atoms with van der Waals surface area (Å²) in [5.74, 6) is 2.33. The van der Waals surface area contributed by atoms with Crippen molar-refractivity contribution in [1.82, 2.24) is 0 Å². The Bertz CT molecular complexity index is 792. The van der Waals surface area contributed by atoms with Crippen LogP contribution in [0.3, 0.4) is 0 Å². The average Bonchev–Trinajstić information content (AvgIpc) is 3.03. The summed E-state index contributed by atoms with van der Waals surface area (Å²) >= 11 is 0. The lowest BCUT2D eigenvalue weighted by molar-refractivity contribution is -0.164. The van der Waals surface area contributed by atoms with Crippen molar-refractivity contribution in [1.29, 1.82) is 0 Å². The highest BCUT2D eigenvalue weighted by Crippen LogP contribution is 2.67. The van der Waals surface area contributed by atoms with E-state index < -0.39 is 5.60 Å². The van der Waals surface area contributed by atoms with Gasteiger partial charge in [0.05, 0.1) is 5.92 Å². The lowest BCUT2D eigenvalue weighted by Crippen LogP contribution is -2.51. The fourth-order valence-corrected chi connectivity index (χ4v) is 8.38. The van der Waals surface area contributed by atoms with Gasteiger partial charge in [-0.1, -0.05) is 32.4 Å². The molecule has 32 heavy (non-hydrogen) atoms. The Morgan fingerprint density at radius 2 is 1.78 bits per heavy atom. The molecule has 180 valence electrons. The van der Waals surface area contributed by atoms with Crippen molar-refractivity contribution in [3.63, 3.8) is 0 Å². The summed E-state index contributed by atoms with van der Waals surface area (Å²) < 4.78 is 11.4. The van der Waals surface area contributed by atoms with Crippen LogP contribution in [0.2, 0.25) is 0 Å². The van der Waals surface area contributed by atoms with Gasteiger partial charge in [-0.25, -0.2) is 0 Å². The van der Waals surface area contributed by atoms with Gasteiger partial charge in [0.1, 0.15) is 11.7 Å². The van der Waals surface area contributed by atoms with E-state index in [1.54, 1.807) is 0 Å². The molecule has 0 aromatic carbocycles. The summed E-state index contributed by atoms with van der Waals surface area (Å²) in [6.45, 7) is 14.5. The van der Waals surface area contributed by atoms with Gasteiger partial charge in [0.2, 0.25) is 0 Å². The van der Waals surface area contributed by atoms with Crippen LogP contribution in [0.15, 0.2) is 11.6 Å². The lowest BCUT2D eigenvalue weighted by atomic mass is 9.47. The van der Waals surface area contributed by atoms with Crippen molar-refractivity contribution in [2.75, 3.05) is 0 Å². The molecule has 4 nitrogen and oxygen atoms in total. The maximum atomic E-state index is 12.9. The van der Waals surface area contributed by atoms with E-state index in [0.29, 0.717) is 17.8 Å². The van der Waals surface area contributed by atoms with Crippen LogP contribution in [0.4, 0.5) is 0 Å². The van der Waals surface area contributed by atoms with E-state index in [9.17, 15) is 9.59 Å². The molecule has 0 amide bonds. The minimum absolute atomic E-state index is 0.0203. The molecule has 4 rings (SSSR count). The number of hydrogen-bond donors (Lipinski definition) is 0. The Kier molecular flexibility index (Phi) is 6.08. The number of hydrogen-bond acceptors (Lipinski definition) is 4. The van der Waals surface area contributed by atoms with E-state index in [1.165, 1.54) is 31.8 Å². The van der Waals surface area contributed by atoms with Crippen LogP contribution in [0.5, 0.6) is 0 Å². The van der Waals surface area contributed by atoms with Gasteiger partial charge < -0.3 is 9.47 Å². The maximum Gasteiger partial charge on any atom is 0.309 e. The normalized spacial score (nSPS) is 42.1. The van der Waals surface area contributed by atoms with Gasteiger partial charge in [-0.2, -0.15) is 0 Å². The quantitative estimate of drug-likeness (QED) is 0.369. The summed E-state index contributed by atoms with van der Waals surface area (Å²) in [6.07, 6.45) is 11.6.